The van der Waals surface area contributed by atoms with Crippen molar-refractivity contribution in [2.45, 2.75) is 26.3 Å². The maximum Gasteiger partial charge on any atom is 0.232 e. The van der Waals surface area contributed by atoms with Crippen LogP contribution in [0.25, 0.3) is 0 Å². The Hall–Kier alpha value is 0.320. The molecule has 0 spiro atoms. The van der Waals surface area contributed by atoms with Crippen LogP contribution in [0.1, 0.15) is 20.3 Å². The first-order valence-electron chi connectivity index (χ1n) is 6.95. The van der Waals surface area contributed by atoms with Crippen molar-refractivity contribution in [3.63, 3.8) is 0 Å². The number of nitrogens with one attached hydrogen (secondary N) is 1. The van der Waals surface area contributed by atoms with E-state index in [-0.39, 0.29) is 30.7 Å². The quantitative estimate of drug-likeness (QED) is 0.679. The molecule has 0 saturated carbocycles. The van der Waals surface area contributed by atoms with E-state index < -0.39 is 0 Å². The molecule has 0 aliphatic carbocycles. The van der Waals surface area contributed by atoms with E-state index in [1.807, 2.05) is 11.9 Å². The molecule has 1 fully saturated rings. The van der Waals surface area contributed by atoms with E-state index in [1.54, 1.807) is 11.8 Å². The first-order valence-corrected chi connectivity index (χ1v) is 8.11. The van der Waals surface area contributed by atoms with Gasteiger partial charge in [-0.25, -0.2) is 0 Å². The molecule has 1 saturated heterocycles. The van der Waals surface area contributed by atoms with Gasteiger partial charge in [0, 0.05) is 31.9 Å². The second-order valence-corrected chi connectivity index (χ2v) is 5.84. The molecule has 0 aromatic rings. The third kappa shape index (κ3) is 7.93. The van der Waals surface area contributed by atoms with Crippen molar-refractivity contribution in [1.82, 2.24) is 15.1 Å². The molecule has 20 heavy (non-hydrogen) atoms. The zero-order valence-corrected chi connectivity index (χ0v) is 15.2. The van der Waals surface area contributed by atoms with Crippen LogP contribution in [0, 0.1) is 0 Å². The molecular formula is C13H29Cl2N3OS. The molecule has 1 atom stereocenters. The van der Waals surface area contributed by atoms with E-state index in [0.29, 0.717) is 11.8 Å². The SMILES string of the molecule is CCN(CC)CCSCC(=O)N(C)C1CCNC1.Cl.Cl. The van der Waals surface area contributed by atoms with Crippen LogP contribution < -0.4 is 5.32 Å². The molecule has 1 aliphatic heterocycles. The van der Waals surface area contributed by atoms with Crippen LogP contribution >= 0.6 is 36.6 Å². The lowest BCUT2D eigenvalue weighted by atomic mass is 10.2. The van der Waals surface area contributed by atoms with Crippen molar-refractivity contribution in [2.75, 3.05) is 51.3 Å². The molecule has 0 aromatic carbocycles. The summed E-state index contributed by atoms with van der Waals surface area (Å²) in [4.78, 5) is 16.3. The second kappa shape index (κ2) is 13.0. The largest absolute Gasteiger partial charge is 0.341 e. The van der Waals surface area contributed by atoms with Crippen LogP contribution in [-0.4, -0.2) is 73.0 Å². The number of hydrogen-bond acceptors (Lipinski definition) is 4. The Morgan fingerprint density at radius 3 is 2.45 bits per heavy atom. The molecule has 7 heteroatoms. The minimum atomic E-state index is 0. The lowest BCUT2D eigenvalue weighted by Gasteiger charge is -2.24. The van der Waals surface area contributed by atoms with E-state index in [1.165, 1.54) is 0 Å². The van der Waals surface area contributed by atoms with Gasteiger partial charge in [0.25, 0.3) is 0 Å². The summed E-state index contributed by atoms with van der Waals surface area (Å²) in [7, 11) is 1.94. The highest BCUT2D eigenvalue weighted by atomic mass is 35.5. The monoisotopic (exact) mass is 345 g/mol. The van der Waals surface area contributed by atoms with Gasteiger partial charge in [-0.3, -0.25) is 4.79 Å². The predicted molar refractivity (Wildman–Crippen MR) is 93.7 cm³/mol. The fourth-order valence-corrected chi connectivity index (χ4v) is 3.08. The molecule has 4 nitrogen and oxygen atoms in total. The van der Waals surface area contributed by atoms with Gasteiger partial charge in [-0.1, -0.05) is 13.8 Å². The summed E-state index contributed by atoms with van der Waals surface area (Å²) < 4.78 is 0. The maximum absolute atomic E-state index is 12.0. The van der Waals surface area contributed by atoms with Gasteiger partial charge in [0.2, 0.25) is 5.91 Å². The molecule has 1 rings (SSSR count). The van der Waals surface area contributed by atoms with Crippen molar-refractivity contribution in [2.24, 2.45) is 0 Å². The van der Waals surface area contributed by atoms with Crippen molar-refractivity contribution >= 4 is 42.5 Å². The maximum atomic E-state index is 12.0. The number of halogens is 2. The first kappa shape index (κ1) is 22.6. The zero-order chi connectivity index (χ0) is 13.4. The van der Waals surface area contributed by atoms with Crippen molar-refractivity contribution in [1.29, 1.82) is 0 Å². The van der Waals surface area contributed by atoms with Gasteiger partial charge in [-0.2, -0.15) is 11.8 Å². The summed E-state index contributed by atoms with van der Waals surface area (Å²) >= 11 is 1.75. The Labute approximate surface area is 140 Å². The van der Waals surface area contributed by atoms with E-state index in [9.17, 15) is 4.79 Å². The first-order chi connectivity index (χ1) is 8.69. The van der Waals surface area contributed by atoms with Crippen LogP contribution in [0.4, 0.5) is 0 Å². The van der Waals surface area contributed by atoms with Gasteiger partial charge in [-0.15, -0.1) is 24.8 Å². The number of nitrogens with zero attached hydrogens (tertiary/aromatic N) is 2. The molecule has 1 heterocycles. The van der Waals surface area contributed by atoms with Gasteiger partial charge in [-0.05, 0) is 26.1 Å². The van der Waals surface area contributed by atoms with Crippen LogP contribution in [-0.2, 0) is 4.79 Å². The third-order valence-corrected chi connectivity index (χ3v) is 4.57. The Kier molecular flexibility index (Phi) is 14.7. The van der Waals surface area contributed by atoms with Gasteiger partial charge >= 0.3 is 0 Å². The van der Waals surface area contributed by atoms with Crippen LogP contribution in [0.3, 0.4) is 0 Å². The minimum absolute atomic E-state index is 0. The predicted octanol–water partition coefficient (Wildman–Crippen LogP) is 1.73. The minimum Gasteiger partial charge on any atom is -0.341 e. The summed E-state index contributed by atoms with van der Waals surface area (Å²) in [6.07, 6.45) is 1.09. The summed E-state index contributed by atoms with van der Waals surface area (Å²) in [5.41, 5.74) is 0. The zero-order valence-electron chi connectivity index (χ0n) is 12.8. The highest BCUT2D eigenvalue weighted by Gasteiger charge is 2.22. The van der Waals surface area contributed by atoms with E-state index >= 15 is 0 Å². The van der Waals surface area contributed by atoms with Gasteiger partial charge < -0.3 is 15.1 Å². The van der Waals surface area contributed by atoms with Gasteiger partial charge in [0.15, 0.2) is 0 Å². The number of carbonyl (C=O) groups excluding carboxylic acids is 1. The number of likely N-dealkylation sites (N-methyl/N-ethyl adjacent to an activating group) is 1. The highest BCUT2D eigenvalue weighted by Crippen LogP contribution is 2.09. The van der Waals surface area contributed by atoms with E-state index in [4.69, 9.17) is 0 Å². The standard InChI is InChI=1S/C13H27N3OS.2ClH/c1-4-16(5-2)8-9-18-11-13(17)15(3)12-6-7-14-10-12;;/h12,14H,4-11H2,1-3H3;2*1H. The fourth-order valence-electron chi connectivity index (χ4n) is 2.17. The molecule has 122 valence electrons. The number of carbonyl (C=O) groups is 1. The lowest BCUT2D eigenvalue weighted by molar-refractivity contribution is -0.128. The topological polar surface area (TPSA) is 35.6 Å². The lowest BCUT2D eigenvalue weighted by Crippen LogP contribution is -2.39. The van der Waals surface area contributed by atoms with E-state index in [2.05, 4.69) is 24.1 Å². The molecule has 1 unspecified atom stereocenters. The Morgan fingerprint density at radius 2 is 1.95 bits per heavy atom. The summed E-state index contributed by atoms with van der Waals surface area (Å²) in [5, 5.41) is 3.30. The Balaban J connectivity index is 0. The molecule has 0 bridgehead atoms. The molecule has 1 aliphatic rings. The van der Waals surface area contributed by atoms with Crippen LogP contribution in [0.5, 0.6) is 0 Å². The van der Waals surface area contributed by atoms with Crippen LogP contribution in [0.2, 0.25) is 0 Å². The average molecular weight is 346 g/mol. The van der Waals surface area contributed by atoms with Gasteiger partial charge in [0.05, 0.1) is 5.75 Å². The molecule has 1 N–H and O–H groups in total. The summed E-state index contributed by atoms with van der Waals surface area (Å²) in [5.74, 6) is 1.94. The van der Waals surface area contributed by atoms with Crippen molar-refractivity contribution in [3.8, 4) is 0 Å². The average Bonchev–Trinajstić information content (AvgIpc) is 2.91. The number of amides is 1. The summed E-state index contributed by atoms with van der Waals surface area (Å²) in [6, 6.07) is 0.404. The van der Waals surface area contributed by atoms with Crippen LogP contribution in [0.15, 0.2) is 0 Å². The van der Waals surface area contributed by atoms with Crippen molar-refractivity contribution < 1.29 is 4.79 Å². The van der Waals surface area contributed by atoms with Gasteiger partial charge in [0.1, 0.15) is 0 Å². The number of rotatable bonds is 8. The fraction of sp³-hybridized carbons (Fsp3) is 0.923. The highest BCUT2D eigenvalue weighted by molar-refractivity contribution is 7.99. The normalized spacial score (nSPS) is 17.5. The molecule has 0 aromatic heterocycles. The Morgan fingerprint density at radius 1 is 1.30 bits per heavy atom. The molecule has 0 radical (unpaired) electrons. The second-order valence-electron chi connectivity index (χ2n) is 4.73. The van der Waals surface area contributed by atoms with E-state index in [0.717, 1.165) is 44.9 Å². The Bertz CT molecular complexity index is 250. The van der Waals surface area contributed by atoms with Crippen molar-refractivity contribution in [3.05, 3.63) is 0 Å². The smallest absolute Gasteiger partial charge is 0.232 e. The number of thioether (sulfide) groups is 1. The third-order valence-electron chi connectivity index (χ3n) is 3.65. The number of hydrogen-bond donors (Lipinski definition) is 1. The molecular weight excluding hydrogens is 317 g/mol. The molecule has 1 amide bonds. The summed E-state index contributed by atoms with van der Waals surface area (Å²) in [6.45, 7) is 9.63.